The number of carbonyl (C=O) groups excluding carboxylic acids is 1. The van der Waals surface area contributed by atoms with Gasteiger partial charge in [-0.05, 0) is 85.1 Å². The van der Waals surface area contributed by atoms with Crippen molar-refractivity contribution in [3.05, 3.63) is 101 Å². The first-order valence-corrected chi connectivity index (χ1v) is 13.1. The van der Waals surface area contributed by atoms with E-state index in [1.54, 1.807) is 6.92 Å². The third kappa shape index (κ3) is 6.64. The van der Waals surface area contributed by atoms with Crippen LogP contribution in [0.25, 0.3) is 11.1 Å². The van der Waals surface area contributed by atoms with Gasteiger partial charge in [0.15, 0.2) is 6.10 Å². The van der Waals surface area contributed by atoms with Crippen LogP contribution in [0.15, 0.2) is 84.5 Å². The Morgan fingerprint density at radius 2 is 1.78 bits per heavy atom. The molecular formula is C32H36O4. The molecule has 36 heavy (non-hydrogen) atoms. The van der Waals surface area contributed by atoms with E-state index in [-0.39, 0.29) is 5.97 Å². The summed E-state index contributed by atoms with van der Waals surface area (Å²) >= 11 is 0. The van der Waals surface area contributed by atoms with Crippen LogP contribution in [0.3, 0.4) is 0 Å². The Morgan fingerprint density at radius 3 is 2.56 bits per heavy atom. The van der Waals surface area contributed by atoms with E-state index in [1.807, 2.05) is 31.2 Å². The molecular weight excluding hydrogens is 448 g/mol. The molecule has 0 amide bonds. The van der Waals surface area contributed by atoms with E-state index in [1.165, 1.54) is 27.8 Å². The van der Waals surface area contributed by atoms with E-state index in [2.05, 4.69) is 54.6 Å². The maximum Gasteiger partial charge on any atom is 0.335 e. The third-order valence-electron chi connectivity index (χ3n) is 6.46. The Balaban J connectivity index is 1.30. The highest BCUT2D eigenvalue weighted by Crippen LogP contribution is 2.37. The van der Waals surface area contributed by atoms with Gasteiger partial charge < -0.3 is 14.2 Å². The van der Waals surface area contributed by atoms with Crippen LogP contribution in [0.1, 0.15) is 56.2 Å². The molecule has 0 saturated carbocycles. The third-order valence-corrected chi connectivity index (χ3v) is 6.46. The van der Waals surface area contributed by atoms with Crippen LogP contribution in [0.4, 0.5) is 0 Å². The number of fused-ring (bicyclic) bond motifs is 2. The molecule has 188 valence electrons. The normalized spacial score (nSPS) is 16.3. The smallest absolute Gasteiger partial charge is 0.335 e. The Morgan fingerprint density at radius 1 is 0.972 bits per heavy atom. The Hall–Kier alpha value is -3.37. The zero-order valence-corrected chi connectivity index (χ0v) is 21.4. The van der Waals surface area contributed by atoms with Crippen molar-refractivity contribution in [3.63, 3.8) is 0 Å². The van der Waals surface area contributed by atoms with Gasteiger partial charge in [-0.25, -0.2) is 4.79 Å². The predicted octanol–water partition coefficient (Wildman–Crippen LogP) is 7.11. The maximum absolute atomic E-state index is 12.1. The lowest BCUT2D eigenvalue weighted by molar-refractivity contribution is -0.156. The average Bonchev–Trinajstić information content (AvgIpc) is 3.06. The first kappa shape index (κ1) is 25.7. The molecule has 1 atom stereocenters. The summed E-state index contributed by atoms with van der Waals surface area (Å²) in [5, 5.41) is 0. The van der Waals surface area contributed by atoms with Crippen LogP contribution in [0.5, 0.6) is 5.75 Å². The van der Waals surface area contributed by atoms with Crippen LogP contribution in [0, 0.1) is 0 Å². The number of carbonyl (C=O) groups is 1. The molecule has 0 aromatic heterocycles. The summed E-state index contributed by atoms with van der Waals surface area (Å²) in [7, 11) is 0. The summed E-state index contributed by atoms with van der Waals surface area (Å²) in [4.78, 5) is 12.1. The van der Waals surface area contributed by atoms with Crippen molar-refractivity contribution < 1.29 is 19.0 Å². The molecule has 2 aromatic carbocycles. The van der Waals surface area contributed by atoms with Crippen molar-refractivity contribution in [1.29, 1.82) is 0 Å². The van der Waals surface area contributed by atoms with E-state index >= 15 is 0 Å². The van der Waals surface area contributed by atoms with Crippen molar-refractivity contribution in [2.75, 3.05) is 19.8 Å². The number of hydrogen-bond acceptors (Lipinski definition) is 4. The summed E-state index contributed by atoms with van der Waals surface area (Å²) in [5.41, 5.74) is 7.76. The van der Waals surface area contributed by atoms with Crippen LogP contribution < -0.4 is 4.74 Å². The zero-order valence-electron chi connectivity index (χ0n) is 21.4. The van der Waals surface area contributed by atoms with Crippen molar-refractivity contribution in [2.24, 2.45) is 0 Å². The molecule has 1 unspecified atom stereocenters. The van der Waals surface area contributed by atoms with Gasteiger partial charge in [0, 0.05) is 13.0 Å². The lowest BCUT2D eigenvalue weighted by atomic mass is 9.89. The number of allylic oxidation sites excluding steroid dienone is 8. The van der Waals surface area contributed by atoms with Crippen molar-refractivity contribution in [1.82, 2.24) is 0 Å². The molecule has 0 heterocycles. The first-order chi connectivity index (χ1) is 17.7. The predicted molar refractivity (Wildman–Crippen MR) is 146 cm³/mol. The molecule has 4 nitrogen and oxygen atoms in total. The molecule has 2 aliphatic rings. The Kier molecular flexibility index (Phi) is 9.34. The topological polar surface area (TPSA) is 44.8 Å². The fourth-order valence-electron chi connectivity index (χ4n) is 4.69. The number of rotatable bonds is 11. The minimum atomic E-state index is -0.574. The second-order valence-electron chi connectivity index (χ2n) is 8.95. The molecule has 0 aliphatic heterocycles. The van der Waals surface area contributed by atoms with Gasteiger partial charge in [0.1, 0.15) is 5.75 Å². The van der Waals surface area contributed by atoms with Crippen LogP contribution >= 0.6 is 0 Å². The summed E-state index contributed by atoms with van der Waals surface area (Å²) in [5.74, 6) is 0.520. The van der Waals surface area contributed by atoms with E-state index in [0.29, 0.717) is 26.2 Å². The molecule has 4 heteroatoms. The van der Waals surface area contributed by atoms with E-state index in [0.717, 1.165) is 37.0 Å². The van der Waals surface area contributed by atoms with Gasteiger partial charge in [0.05, 0.1) is 13.2 Å². The maximum atomic E-state index is 12.1. The quantitative estimate of drug-likeness (QED) is 0.252. The van der Waals surface area contributed by atoms with Gasteiger partial charge in [0.25, 0.3) is 0 Å². The summed E-state index contributed by atoms with van der Waals surface area (Å²) < 4.78 is 16.7. The van der Waals surface area contributed by atoms with Crippen LogP contribution in [-0.4, -0.2) is 31.9 Å². The second kappa shape index (κ2) is 13.1. The molecule has 2 aliphatic carbocycles. The van der Waals surface area contributed by atoms with Crippen LogP contribution in [-0.2, 0) is 20.7 Å². The van der Waals surface area contributed by atoms with Gasteiger partial charge in [0.2, 0.25) is 0 Å². The fourth-order valence-corrected chi connectivity index (χ4v) is 4.69. The van der Waals surface area contributed by atoms with Gasteiger partial charge in [-0.15, -0.1) is 0 Å². The fraction of sp³-hybridized carbons (Fsp3) is 0.344. The molecule has 0 saturated heterocycles. The Labute approximate surface area is 215 Å². The van der Waals surface area contributed by atoms with Crippen molar-refractivity contribution in [2.45, 2.75) is 52.1 Å². The lowest BCUT2D eigenvalue weighted by Gasteiger charge is -2.16. The lowest BCUT2D eigenvalue weighted by Crippen LogP contribution is -2.28. The number of ether oxygens (including phenoxy) is 3. The van der Waals surface area contributed by atoms with Crippen molar-refractivity contribution >= 4 is 17.1 Å². The number of unbranched alkanes of at least 4 members (excludes halogenated alkanes) is 1. The van der Waals surface area contributed by atoms with Gasteiger partial charge in [-0.1, -0.05) is 66.8 Å². The van der Waals surface area contributed by atoms with E-state index < -0.39 is 6.10 Å². The summed E-state index contributed by atoms with van der Waals surface area (Å²) in [6.45, 7) is 5.15. The number of esters is 1. The van der Waals surface area contributed by atoms with E-state index in [4.69, 9.17) is 14.2 Å². The highest BCUT2D eigenvalue weighted by atomic mass is 16.6. The standard InChI is InChI=1S/C32H36O4/c1-3-34-31(32(33)35-4-2)23-24-16-20-27(21-17-24)36-22-10-9-12-26-19-18-25-11-5-6-13-28(25)30-15-8-7-14-29(26)30/h5,7-8,11-12,14-21,31H,3-4,6,9-10,13,22-23H2,1-2H3. The summed E-state index contributed by atoms with van der Waals surface area (Å²) in [6, 6.07) is 16.6. The number of hydrogen-bond donors (Lipinski definition) is 0. The highest BCUT2D eigenvalue weighted by Gasteiger charge is 2.20. The molecule has 0 fully saturated rings. The Bertz CT molecular complexity index is 1150. The number of benzene rings is 2. The first-order valence-electron chi connectivity index (χ1n) is 13.1. The van der Waals surface area contributed by atoms with E-state index in [9.17, 15) is 4.79 Å². The second-order valence-corrected chi connectivity index (χ2v) is 8.95. The molecule has 4 rings (SSSR count). The summed E-state index contributed by atoms with van der Waals surface area (Å²) in [6.07, 6.45) is 15.4. The van der Waals surface area contributed by atoms with Gasteiger partial charge in [-0.2, -0.15) is 0 Å². The molecule has 2 aromatic rings. The molecule has 0 N–H and O–H groups in total. The molecule has 0 bridgehead atoms. The van der Waals surface area contributed by atoms with Crippen LogP contribution in [0.2, 0.25) is 0 Å². The van der Waals surface area contributed by atoms with Gasteiger partial charge in [-0.3, -0.25) is 0 Å². The highest BCUT2D eigenvalue weighted by molar-refractivity contribution is 5.89. The minimum absolute atomic E-state index is 0.313. The minimum Gasteiger partial charge on any atom is -0.494 e. The largest absolute Gasteiger partial charge is 0.494 e. The zero-order chi connectivity index (χ0) is 25.2. The van der Waals surface area contributed by atoms with Crippen molar-refractivity contribution in [3.8, 4) is 5.75 Å². The monoisotopic (exact) mass is 484 g/mol. The SMILES string of the molecule is CCOC(=O)C(Cc1ccc(OCCCC=C2C=CC3=C(CCC=C3)c3ccccc32)cc1)OCC. The average molecular weight is 485 g/mol. The van der Waals surface area contributed by atoms with Gasteiger partial charge >= 0.3 is 5.97 Å². The molecule has 0 radical (unpaired) electrons. The molecule has 0 spiro atoms.